The van der Waals surface area contributed by atoms with Crippen molar-refractivity contribution in [3.05, 3.63) is 34.9 Å². The van der Waals surface area contributed by atoms with Crippen LogP contribution >= 0.6 is 11.6 Å². The van der Waals surface area contributed by atoms with E-state index in [1.807, 2.05) is 0 Å². The summed E-state index contributed by atoms with van der Waals surface area (Å²) < 4.78 is 38.2. The minimum atomic E-state index is -4.40. The topological polar surface area (TPSA) is 61.4 Å². The lowest BCUT2D eigenvalue weighted by Crippen LogP contribution is -2.41. The van der Waals surface area contributed by atoms with Crippen LogP contribution in [0.25, 0.3) is 0 Å². The normalized spacial score (nSPS) is 16.3. The molecular weight excluding hydrogens is 335 g/mol. The Bertz CT molecular complexity index is 578. The summed E-state index contributed by atoms with van der Waals surface area (Å²) in [5, 5.41) is 5.44. The van der Waals surface area contributed by atoms with Gasteiger partial charge in [-0.05, 0) is 17.7 Å². The molecule has 0 bridgehead atoms. The number of hydrogen-bond acceptors (Lipinski definition) is 3. The van der Waals surface area contributed by atoms with E-state index in [0.29, 0.717) is 17.1 Å². The molecule has 1 aromatic rings. The van der Waals surface area contributed by atoms with Crippen molar-refractivity contribution in [1.29, 1.82) is 0 Å². The Labute approximate surface area is 135 Å². The molecule has 126 valence electrons. The average molecular weight is 350 g/mol. The van der Waals surface area contributed by atoms with Crippen molar-refractivity contribution >= 4 is 23.5 Å². The summed E-state index contributed by atoms with van der Waals surface area (Å²) in [7, 11) is 0. The van der Waals surface area contributed by atoms with Gasteiger partial charge < -0.3 is 10.6 Å². The van der Waals surface area contributed by atoms with Gasteiger partial charge in [0.2, 0.25) is 5.91 Å². The zero-order valence-corrected chi connectivity index (χ0v) is 12.7. The van der Waals surface area contributed by atoms with Gasteiger partial charge in [-0.1, -0.05) is 23.7 Å². The van der Waals surface area contributed by atoms with Crippen LogP contribution in [0.4, 0.5) is 18.0 Å². The van der Waals surface area contributed by atoms with E-state index >= 15 is 0 Å². The summed E-state index contributed by atoms with van der Waals surface area (Å²) >= 11 is 5.73. The van der Waals surface area contributed by atoms with Crippen LogP contribution in [0.5, 0.6) is 0 Å². The van der Waals surface area contributed by atoms with E-state index in [1.54, 1.807) is 0 Å². The van der Waals surface area contributed by atoms with Gasteiger partial charge in [-0.2, -0.15) is 13.2 Å². The first-order chi connectivity index (χ1) is 10.8. The third kappa shape index (κ3) is 5.11. The first-order valence-corrected chi connectivity index (χ1v) is 7.28. The lowest BCUT2D eigenvalue weighted by atomic mass is 10.0. The predicted octanol–water partition coefficient (Wildman–Crippen LogP) is 2.47. The SMILES string of the molecule is O=C(CNC(CC(F)(F)F)c1ccc(Cl)cc1)N1CCNC1=O. The van der Waals surface area contributed by atoms with Crippen LogP contribution in [-0.2, 0) is 4.79 Å². The number of imide groups is 1. The standard InChI is InChI=1S/C14H15ClF3N3O2/c15-10-3-1-9(2-4-10)11(7-14(16,17)18)20-8-12(22)21-6-5-19-13(21)23/h1-4,11,20H,5-8H2,(H,19,23). The van der Waals surface area contributed by atoms with E-state index in [4.69, 9.17) is 11.6 Å². The van der Waals surface area contributed by atoms with Crippen molar-refractivity contribution in [3.63, 3.8) is 0 Å². The fraction of sp³-hybridized carbons (Fsp3) is 0.429. The molecule has 1 unspecified atom stereocenters. The zero-order valence-electron chi connectivity index (χ0n) is 12.0. The summed E-state index contributed by atoms with van der Waals surface area (Å²) in [5.41, 5.74) is 0.366. The molecule has 23 heavy (non-hydrogen) atoms. The Hall–Kier alpha value is -1.80. The minimum Gasteiger partial charge on any atom is -0.336 e. The molecule has 2 N–H and O–H groups in total. The molecule has 1 aliphatic heterocycles. The van der Waals surface area contributed by atoms with E-state index in [-0.39, 0.29) is 13.1 Å². The maximum atomic E-state index is 12.7. The van der Waals surface area contributed by atoms with E-state index in [2.05, 4.69) is 10.6 Å². The molecule has 1 saturated heterocycles. The zero-order chi connectivity index (χ0) is 17.0. The molecule has 1 aliphatic rings. The monoisotopic (exact) mass is 349 g/mol. The van der Waals surface area contributed by atoms with Gasteiger partial charge in [-0.25, -0.2) is 4.79 Å². The maximum Gasteiger partial charge on any atom is 0.390 e. The molecule has 0 saturated carbocycles. The molecule has 1 fully saturated rings. The minimum absolute atomic E-state index is 0.213. The van der Waals surface area contributed by atoms with Gasteiger partial charge >= 0.3 is 12.2 Å². The van der Waals surface area contributed by atoms with Gasteiger partial charge in [0.05, 0.1) is 13.0 Å². The van der Waals surface area contributed by atoms with Crippen LogP contribution in [-0.4, -0.2) is 42.6 Å². The van der Waals surface area contributed by atoms with Crippen LogP contribution in [0.15, 0.2) is 24.3 Å². The second-order valence-electron chi connectivity index (χ2n) is 5.08. The number of carbonyl (C=O) groups excluding carboxylic acids is 2. The van der Waals surface area contributed by atoms with Crippen LogP contribution in [0.3, 0.4) is 0 Å². The van der Waals surface area contributed by atoms with Gasteiger partial charge in [0.25, 0.3) is 0 Å². The molecule has 1 atom stereocenters. The summed E-state index contributed by atoms with van der Waals surface area (Å²) in [6, 6.07) is 4.28. The number of nitrogens with one attached hydrogen (secondary N) is 2. The van der Waals surface area contributed by atoms with E-state index in [0.717, 1.165) is 4.90 Å². The van der Waals surface area contributed by atoms with E-state index < -0.39 is 30.6 Å². The number of halogens is 4. The van der Waals surface area contributed by atoms with E-state index in [1.165, 1.54) is 24.3 Å². The third-order valence-electron chi connectivity index (χ3n) is 3.37. The highest BCUT2D eigenvalue weighted by atomic mass is 35.5. The molecule has 9 heteroatoms. The number of urea groups is 1. The van der Waals surface area contributed by atoms with Crippen molar-refractivity contribution < 1.29 is 22.8 Å². The smallest absolute Gasteiger partial charge is 0.336 e. The molecule has 0 aromatic heterocycles. The van der Waals surface area contributed by atoms with Crippen LogP contribution in [0, 0.1) is 0 Å². The highest BCUT2D eigenvalue weighted by molar-refractivity contribution is 6.30. The van der Waals surface area contributed by atoms with Crippen LogP contribution in [0.2, 0.25) is 5.02 Å². The lowest BCUT2D eigenvalue weighted by molar-refractivity contribution is -0.142. The molecule has 5 nitrogen and oxygen atoms in total. The van der Waals surface area contributed by atoms with Crippen molar-refractivity contribution in [2.75, 3.05) is 19.6 Å². The second-order valence-corrected chi connectivity index (χ2v) is 5.52. The van der Waals surface area contributed by atoms with Crippen LogP contribution < -0.4 is 10.6 Å². The number of alkyl halides is 3. The molecule has 1 aromatic carbocycles. The van der Waals surface area contributed by atoms with E-state index in [9.17, 15) is 22.8 Å². The quantitative estimate of drug-likeness (QED) is 0.858. The Balaban J connectivity index is 2.04. The molecule has 2 rings (SSSR count). The van der Waals surface area contributed by atoms with Gasteiger partial charge in [0, 0.05) is 24.2 Å². The lowest BCUT2D eigenvalue weighted by Gasteiger charge is -2.22. The third-order valence-corrected chi connectivity index (χ3v) is 3.62. The summed E-state index contributed by atoms with van der Waals surface area (Å²) in [6.07, 6.45) is -5.53. The fourth-order valence-corrected chi connectivity index (χ4v) is 2.38. The highest BCUT2D eigenvalue weighted by Gasteiger charge is 2.33. The van der Waals surface area contributed by atoms with Gasteiger partial charge in [-0.3, -0.25) is 9.69 Å². The highest BCUT2D eigenvalue weighted by Crippen LogP contribution is 2.30. The average Bonchev–Trinajstić information content (AvgIpc) is 2.89. The molecule has 0 aliphatic carbocycles. The largest absolute Gasteiger partial charge is 0.390 e. The van der Waals surface area contributed by atoms with Crippen molar-refractivity contribution in [1.82, 2.24) is 15.5 Å². The van der Waals surface area contributed by atoms with Crippen LogP contribution in [0.1, 0.15) is 18.0 Å². The maximum absolute atomic E-state index is 12.7. The summed E-state index contributed by atoms with van der Waals surface area (Å²) in [6.45, 7) is 0.189. The second kappa shape index (κ2) is 7.18. The fourth-order valence-electron chi connectivity index (χ4n) is 2.25. The number of amides is 3. The Kier molecular flexibility index (Phi) is 5.48. The number of benzene rings is 1. The molecule has 0 radical (unpaired) electrons. The predicted molar refractivity (Wildman–Crippen MR) is 78.0 cm³/mol. The molecule has 3 amide bonds. The Morgan fingerprint density at radius 1 is 1.35 bits per heavy atom. The first-order valence-electron chi connectivity index (χ1n) is 6.90. The van der Waals surface area contributed by atoms with Crippen molar-refractivity contribution in [2.45, 2.75) is 18.6 Å². The van der Waals surface area contributed by atoms with Crippen molar-refractivity contribution in [3.8, 4) is 0 Å². The summed E-state index contributed by atoms with van der Waals surface area (Å²) in [5.74, 6) is -0.568. The Morgan fingerprint density at radius 2 is 2.00 bits per heavy atom. The van der Waals surface area contributed by atoms with Crippen molar-refractivity contribution in [2.24, 2.45) is 0 Å². The number of nitrogens with zero attached hydrogens (tertiary/aromatic N) is 1. The first kappa shape index (κ1) is 17.6. The summed E-state index contributed by atoms with van der Waals surface area (Å²) in [4.78, 5) is 24.3. The van der Waals surface area contributed by atoms with Gasteiger partial charge in [0.1, 0.15) is 0 Å². The molecule has 1 heterocycles. The number of rotatable bonds is 5. The van der Waals surface area contributed by atoms with Gasteiger partial charge in [0.15, 0.2) is 0 Å². The Morgan fingerprint density at radius 3 is 2.52 bits per heavy atom. The molecular formula is C14H15ClF3N3O2. The van der Waals surface area contributed by atoms with Gasteiger partial charge in [-0.15, -0.1) is 0 Å². The molecule has 0 spiro atoms. The number of hydrogen-bond donors (Lipinski definition) is 2. The number of carbonyl (C=O) groups is 2.